The molecule has 2 aliphatic rings. The topological polar surface area (TPSA) is 95.1 Å². The van der Waals surface area contributed by atoms with E-state index in [-0.39, 0.29) is 6.10 Å². The Labute approximate surface area is 193 Å². The van der Waals surface area contributed by atoms with Crippen LogP contribution in [0.2, 0.25) is 0 Å². The number of H-pyrrole nitrogens is 1. The van der Waals surface area contributed by atoms with Crippen molar-refractivity contribution in [1.29, 1.82) is 0 Å². The molecule has 2 aromatic rings. The zero-order valence-electron chi connectivity index (χ0n) is 18.7. The normalized spacial score (nSPS) is 20.2. The summed E-state index contributed by atoms with van der Waals surface area (Å²) in [7, 11) is 3.81. The van der Waals surface area contributed by atoms with Crippen molar-refractivity contribution in [2.24, 2.45) is 0 Å². The third-order valence-corrected chi connectivity index (χ3v) is 6.40. The Balaban J connectivity index is 1.56. The fourth-order valence-electron chi connectivity index (χ4n) is 3.53. The summed E-state index contributed by atoms with van der Waals surface area (Å²) < 4.78 is 5.50. The van der Waals surface area contributed by atoms with Gasteiger partial charge in [0.2, 0.25) is 11.9 Å². The van der Waals surface area contributed by atoms with Crippen molar-refractivity contribution in [2.75, 3.05) is 50.6 Å². The molecule has 4 rings (SSSR count). The van der Waals surface area contributed by atoms with E-state index in [1.165, 1.54) is 0 Å². The van der Waals surface area contributed by atoms with Crippen LogP contribution in [0.3, 0.4) is 0 Å². The Kier molecular flexibility index (Phi) is 7.56. The number of methoxy groups -OCH3 is 1. The Hall–Kier alpha value is -2.69. The van der Waals surface area contributed by atoms with Crippen LogP contribution in [0.25, 0.3) is 0 Å². The average molecular weight is 455 g/mol. The van der Waals surface area contributed by atoms with Crippen LogP contribution in [0.5, 0.6) is 0 Å². The number of aromatic amines is 1. The highest BCUT2D eigenvalue weighted by molar-refractivity contribution is 7.99. The number of hydrogen-bond acceptors (Lipinski definition) is 9. The van der Waals surface area contributed by atoms with Gasteiger partial charge in [-0.05, 0) is 20.4 Å². The summed E-state index contributed by atoms with van der Waals surface area (Å²) in [6, 6.07) is 1.91. The van der Waals surface area contributed by atoms with Crippen molar-refractivity contribution in [1.82, 2.24) is 30.0 Å². The lowest BCUT2D eigenvalue weighted by molar-refractivity contribution is 0.139. The molecule has 2 aromatic heterocycles. The maximum atomic E-state index is 5.50. The number of likely N-dealkylation sites (N-methyl/N-ethyl adjacent to an activating group) is 1. The van der Waals surface area contributed by atoms with E-state index in [0.717, 1.165) is 38.3 Å². The first kappa shape index (κ1) is 22.5. The summed E-state index contributed by atoms with van der Waals surface area (Å²) in [6.07, 6.45) is 13.2. The minimum atomic E-state index is -0.181. The predicted molar refractivity (Wildman–Crippen MR) is 129 cm³/mol. The first-order valence-electron chi connectivity index (χ1n) is 10.8. The van der Waals surface area contributed by atoms with Crippen LogP contribution in [-0.4, -0.2) is 75.6 Å². The monoisotopic (exact) mass is 454 g/mol. The second kappa shape index (κ2) is 10.8. The first-order chi connectivity index (χ1) is 15.6. The van der Waals surface area contributed by atoms with Gasteiger partial charge in [0.15, 0.2) is 11.0 Å². The highest BCUT2D eigenvalue weighted by Crippen LogP contribution is 2.28. The van der Waals surface area contributed by atoms with E-state index >= 15 is 0 Å². The Morgan fingerprint density at radius 3 is 2.78 bits per heavy atom. The number of anilines is 3. The van der Waals surface area contributed by atoms with Gasteiger partial charge in [0, 0.05) is 44.6 Å². The lowest BCUT2D eigenvalue weighted by Gasteiger charge is -2.32. The van der Waals surface area contributed by atoms with Crippen LogP contribution in [0, 0.1) is 0 Å². The minimum absolute atomic E-state index is 0.181. The van der Waals surface area contributed by atoms with Gasteiger partial charge in [-0.1, -0.05) is 48.2 Å². The summed E-state index contributed by atoms with van der Waals surface area (Å²) >= 11 is 1.65. The van der Waals surface area contributed by atoms with Crippen molar-refractivity contribution in [3.63, 3.8) is 0 Å². The van der Waals surface area contributed by atoms with Gasteiger partial charge >= 0.3 is 0 Å². The lowest BCUT2D eigenvalue weighted by atomic mass is 10.2. The molecule has 0 saturated carbocycles. The van der Waals surface area contributed by atoms with Crippen LogP contribution in [-0.2, 0) is 4.74 Å². The highest BCUT2D eigenvalue weighted by atomic mass is 32.2. The molecule has 1 aliphatic heterocycles. The number of aromatic nitrogens is 5. The summed E-state index contributed by atoms with van der Waals surface area (Å²) in [6.45, 7) is 5.71. The number of thioether (sulfide) groups is 1. The molecule has 32 heavy (non-hydrogen) atoms. The molecule has 1 fully saturated rings. The number of rotatable bonds is 8. The third kappa shape index (κ3) is 5.76. The van der Waals surface area contributed by atoms with E-state index in [4.69, 9.17) is 14.7 Å². The zero-order valence-corrected chi connectivity index (χ0v) is 19.5. The molecule has 10 heteroatoms. The van der Waals surface area contributed by atoms with Gasteiger partial charge in [0.25, 0.3) is 0 Å². The van der Waals surface area contributed by atoms with Crippen LogP contribution < -0.4 is 10.2 Å². The van der Waals surface area contributed by atoms with Gasteiger partial charge < -0.3 is 19.9 Å². The standard InChI is InChI=1S/C22H30N8OS/c1-4-8-18(31-3)17-15-19(28-27-17)23-20-24-21(30-13-11-29(2)12-14-30)26-22(25-20)32-16-9-6-5-7-10-16/h4-9,15-16,18H,10-14H2,1-3H3,(H2,23,24,25,26,27,28)/b8-4+. The van der Waals surface area contributed by atoms with Crippen molar-refractivity contribution in [2.45, 2.75) is 29.9 Å². The SMILES string of the molecule is C/C=C/C(OC)c1cc(Nc2nc(SC3C=CC=CC3)nc(N3CCN(C)CC3)n2)n[nH]1. The zero-order chi connectivity index (χ0) is 22.3. The molecular weight excluding hydrogens is 424 g/mol. The van der Waals surface area contributed by atoms with Crippen molar-refractivity contribution in [3.8, 4) is 0 Å². The molecule has 0 aromatic carbocycles. The lowest BCUT2D eigenvalue weighted by Crippen LogP contribution is -2.45. The summed E-state index contributed by atoms with van der Waals surface area (Å²) in [5, 5.41) is 11.7. The highest BCUT2D eigenvalue weighted by Gasteiger charge is 2.20. The van der Waals surface area contributed by atoms with Crippen LogP contribution in [0.15, 0.2) is 47.7 Å². The Morgan fingerprint density at radius 2 is 2.06 bits per heavy atom. The van der Waals surface area contributed by atoms with E-state index in [9.17, 15) is 0 Å². The maximum absolute atomic E-state index is 5.50. The largest absolute Gasteiger partial charge is 0.371 e. The molecule has 2 unspecified atom stereocenters. The molecule has 0 spiro atoms. The summed E-state index contributed by atoms with van der Waals surface area (Å²) in [5.74, 6) is 1.83. The molecule has 1 saturated heterocycles. The molecule has 3 heterocycles. The number of allylic oxidation sites excluding steroid dienone is 4. The third-order valence-electron chi connectivity index (χ3n) is 5.35. The number of hydrogen-bond donors (Lipinski definition) is 2. The van der Waals surface area contributed by atoms with Crippen molar-refractivity contribution in [3.05, 3.63) is 48.2 Å². The van der Waals surface area contributed by atoms with E-state index in [1.807, 2.05) is 25.1 Å². The molecule has 2 N–H and O–H groups in total. The summed E-state index contributed by atoms with van der Waals surface area (Å²) in [4.78, 5) is 18.7. The second-order valence-corrected chi connectivity index (χ2v) is 8.96. The summed E-state index contributed by atoms with van der Waals surface area (Å²) in [5.41, 5.74) is 0.857. The Bertz CT molecular complexity index is 980. The molecule has 1 aliphatic carbocycles. The van der Waals surface area contributed by atoms with Crippen LogP contribution in [0.4, 0.5) is 17.7 Å². The fourth-order valence-corrected chi connectivity index (χ4v) is 4.45. The molecule has 9 nitrogen and oxygen atoms in total. The minimum Gasteiger partial charge on any atom is -0.371 e. The average Bonchev–Trinajstić information content (AvgIpc) is 3.26. The second-order valence-electron chi connectivity index (χ2n) is 7.75. The molecule has 170 valence electrons. The number of piperazine rings is 1. The predicted octanol–water partition coefficient (Wildman–Crippen LogP) is 3.33. The molecule has 2 atom stereocenters. The molecular formula is C22H30N8OS. The van der Waals surface area contributed by atoms with Gasteiger partial charge in [-0.3, -0.25) is 5.10 Å². The van der Waals surface area contributed by atoms with Gasteiger partial charge in [-0.2, -0.15) is 20.1 Å². The van der Waals surface area contributed by atoms with Crippen LogP contribution >= 0.6 is 11.8 Å². The van der Waals surface area contributed by atoms with Gasteiger partial charge in [0.1, 0.15) is 6.10 Å². The Morgan fingerprint density at radius 1 is 1.22 bits per heavy atom. The fraction of sp³-hybridized carbons (Fsp3) is 0.455. The van der Waals surface area contributed by atoms with Gasteiger partial charge in [-0.15, -0.1) is 0 Å². The number of ether oxygens (including phenoxy) is 1. The quantitative estimate of drug-likeness (QED) is 0.582. The van der Waals surface area contributed by atoms with Crippen LogP contribution in [0.1, 0.15) is 25.1 Å². The molecule has 0 bridgehead atoms. The van der Waals surface area contributed by atoms with E-state index in [2.05, 4.69) is 61.6 Å². The van der Waals surface area contributed by atoms with E-state index in [1.54, 1.807) is 18.9 Å². The van der Waals surface area contributed by atoms with Crippen molar-refractivity contribution >= 4 is 29.5 Å². The van der Waals surface area contributed by atoms with Gasteiger partial charge in [0.05, 0.1) is 5.69 Å². The molecule has 0 radical (unpaired) electrons. The van der Waals surface area contributed by atoms with E-state index in [0.29, 0.717) is 28.1 Å². The van der Waals surface area contributed by atoms with E-state index < -0.39 is 0 Å². The first-order valence-corrected chi connectivity index (χ1v) is 11.7. The smallest absolute Gasteiger partial charge is 0.234 e. The molecule has 0 amide bonds. The number of nitrogens with zero attached hydrogens (tertiary/aromatic N) is 6. The maximum Gasteiger partial charge on any atom is 0.234 e. The van der Waals surface area contributed by atoms with Crippen molar-refractivity contribution < 1.29 is 4.74 Å². The number of nitrogens with one attached hydrogen (secondary N) is 2. The van der Waals surface area contributed by atoms with Gasteiger partial charge in [-0.25, -0.2) is 0 Å².